The molecule has 3 aromatic rings. The van der Waals surface area contributed by atoms with Gasteiger partial charge in [-0.15, -0.1) is 0 Å². The monoisotopic (exact) mass is 254 g/mol. The Morgan fingerprint density at radius 1 is 1.16 bits per heavy atom. The highest BCUT2D eigenvalue weighted by atomic mass is 19.1. The Labute approximate surface area is 109 Å². The number of benzene rings is 2. The van der Waals surface area contributed by atoms with Crippen LogP contribution in [0.3, 0.4) is 0 Å². The fourth-order valence-electron chi connectivity index (χ4n) is 2.20. The summed E-state index contributed by atoms with van der Waals surface area (Å²) in [6.45, 7) is 1.96. The lowest BCUT2D eigenvalue weighted by molar-refractivity contribution is 0.112. The summed E-state index contributed by atoms with van der Waals surface area (Å²) >= 11 is 0. The highest BCUT2D eigenvalue weighted by Crippen LogP contribution is 2.31. The Hall–Kier alpha value is -2.42. The molecule has 0 radical (unpaired) electrons. The van der Waals surface area contributed by atoms with Gasteiger partial charge >= 0.3 is 0 Å². The summed E-state index contributed by atoms with van der Waals surface area (Å²) in [7, 11) is 0. The van der Waals surface area contributed by atoms with E-state index in [1.807, 2.05) is 31.2 Å². The molecular formula is C16H11FO2. The Morgan fingerprint density at radius 2 is 2.00 bits per heavy atom. The second-order valence-corrected chi connectivity index (χ2v) is 4.45. The molecule has 0 aliphatic heterocycles. The largest absolute Gasteiger partial charge is 0.456 e. The van der Waals surface area contributed by atoms with Crippen molar-refractivity contribution < 1.29 is 13.6 Å². The van der Waals surface area contributed by atoms with Crippen LogP contribution < -0.4 is 0 Å². The number of aryl methyl sites for hydroxylation is 1. The first-order valence-electron chi connectivity index (χ1n) is 5.93. The van der Waals surface area contributed by atoms with Gasteiger partial charge in [-0.1, -0.05) is 18.2 Å². The minimum atomic E-state index is -0.432. The van der Waals surface area contributed by atoms with Crippen molar-refractivity contribution in [1.29, 1.82) is 0 Å². The molecule has 0 amide bonds. The molecule has 0 saturated heterocycles. The highest BCUT2D eigenvalue weighted by molar-refractivity contribution is 5.90. The lowest BCUT2D eigenvalue weighted by Crippen LogP contribution is -1.87. The lowest BCUT2D eigenvalue weighted by atomic mass is 10.1. The maximum atomic E-state index is 13.1. The van der Waals surface area contributed by atoms with E-state index in [0.29, 0.717) is 17.6 Å². The van der Waals surface area contributed by atoms with Crippen LogP contribution in [0.15, 0.2) is 46.9 Å². The topological polar surface area (TPSA) is 30.2 Å². The first kappa shape index (κ1) is 11.7. The molecule has 0 aliphatic carbocycles. The molecule has 19 heavy (non-hydrogen) atoms. The zero-order valence-electron chi connectivity index (χ0n) is 10.3. The van der Waals surface area contributed by atoms with Gasteiger partial charge in [0.05, 0.1) is 0 Å². The van der Waals surface area contributed by atoms with Crippen molar-refractivity contribution in [2.24, 2.45) is 0 Å². The average Bonchev–Trinajstić information content (AvgIpc) is 2.83. The van der Waals surface area contributed by atoms with Crippen LogP contribution in [0.25, 0.3) is 22.3 Å². The van der Waals surface area contributed by atoms with E-state index in [1.54, 1.807) is 6.07 Å². The normalized spacial score (nSPS) is 10.8. The standard InChI is InChI=1S/C16H11FO2/c1-10-3-2-4-11-8-15(19-16(10)11)14-6-5-13(17)7-12(14)9-18/h2-9H,1H3. The molecule has 0 bridgehead atoms. The number of halogens is 1. The van der Waals surface area contributed by atoms with E-state index < -0.39 is 5.82 Å². The molecule has 0 saturated carbocycles. The van der Waals surface area contributed by atoms with Crippen LogP contribution >= 0.6 is 0 Å². The molecule has 0 N–H and O–H groups in total. The third-order valence-corrected chi connectivity index (χ3v) is 3.15. The van der Waals surface area contributed by atoms with Crippen LogP contribution in [0.5, 0.6) is 0 Å². The predicted octanol–water partition coefficient (Wildman–Crippen LogP) is 4.36. The van der Waals surface area contributed by atoms with Crippen molar-refractivity contribution in [3.05, 3.63) is 59.4 Å². The number of carbonyl (C=O) groups is 1. The summed E-state index contributed by atoms with van der Waals surface area (Å²) in [5, 5.41) is 0.969. The van der Waals surface area contributed by atoms with Gasteiger partial charge in [-0.25, -0.2) is 4.39 Å². The van der Waals surface area contributed by atoms with Gasteiger partial charge in [0.15, 0.2) is 6.29 Å². The molecule has 1 aromatic heterocycles. The van der Waals surface area contributed by atoms with Crippen molar-refractivity contribution in [3.8, 4) is 11.3 Å². The van der Waals surface area contributed by atoms with Crippen molar-refractivity contribution in [1.82, 2.24) is 0 Å². The number of hydrogen-bond donors (Lipinski definition) is 0. The molecule has 0 unspecified atom stereocenters. The summed E-state index contributed by atoms with van der Waals surface area (Å²) in [5.41, 5.74) is 2.71. The lowest BCUT2D eigenvalue weighted by Gasteiger charge is -2.01. The summed E-state index contributed by atoms with van der Waals surface area (Å²) in [4.78, 5) is 11.0. The minimum Gasteiger partial charge on any atom is -0.456 e. The van der Waals surface area contributed by atoms with Gasteiger partial charge in [0.1, 0.15) is 17.2 Å². The molecule has 94 valence electrons. The van der Waals surface area contributed by atoms with E-state index in [1.165, 1.54) is 12.1 Å². The number of furan rings is 1. The molecule has 0 atom stereocenters. The van der Waals surface area contributed by atoms with Crippen molar-refractivity contribution in [2.75, 3.05) is 0 Å². The van der Waals surface area contributed by atoms with Crippen molar-refractivity contribution >= 4 is 17.3 Å². The van der Waals surface area contributed by atoms with Crippen LogP contribution in [-0.2, 0) is 0 Å². The summed E-state index contributed by atoms with van der Waals surface area (Å²) < 4.78 is 18.9. The molecule has 1 heterocycles. The molecular weight excluding hydrogens is 243 g/mol. The van der Waals surface area contributed by atoms with Gasteiger partial charge in [0.25, 0.3) is 0 Å². The fraction of sp³-hybridized carbons (Fsp3) is 0.0625. The smallest absolute Gasteiger partial charge is 0.150 e. The Balaban J connectivity index is 2.24. The number of hydrogen-bond acceptors (Lipinski definition) is 2. The molecule has 0 fully saturated rings. The van der Waals surface area contributed by atoms with Crippen LogP contribution in [0.4, 0.5) is 4.39 Å². The first-order chi connectivity index (χ1) is 9.19. The first-order valence-corrected chi connectivity index (χ1v) is 5.93. The quantitative estimate of drug-likeness (QED) is 0.636. The Bertz CT molecular complexity index is 772. The zero-order chi connectivity index (χ0) is 13.4. The van der Waals surface area contributed by atoms with E-state index in [2.05, 4.69) is 0 Å². The maximum Gasteiger partial charge on any atom is 0.150 e. The predicted molar refractivity (Wildman–Crippen MR) is 71.7 cm³/mol. The van der Waals surface area contributed by atoms with Gasteiger partial charge in [-0.2, -0.15) is 0 Å². The maximum absolute atomic E-state index is 13.1. The third-order valence-electron chi connectivity index (χ3n) is 3.15. The van der Waals surface area contributed by atoms with Crippen LogP contribution in [0, 0.1) is 12.7 Å². The Kier molecular flexibility index (Phi) is 2.67. The fourth-order valence-corrected chi connectivity index (χ4v) is 2.20. The van der Waals surface area contributed by atoms with E-state index >= 15 is 0 Å². The van der Waals surface area contributed by atoms with Crippen molar-refractivity contribution in [2.45, 2.75) is 6.92 Å². The van der Waals surface area contributed by atoms with E-state index in [-0.39, 0.29) is 5.56 Å². The van der Waals surface area contributed by atoms with Gasteiger partial charge in [-0.05, 0) is 36.8 Å². The number of carbonyl (C=O) groups excluding carboxylic acids is 1. The van der Waals surface area contributed by atoms with Gasteiger partial charge in [0.2, 0.25) is 0 Å². The van der Waals surface area contributed by atoms with Gasteiger partial charge in [-0.3, -0.25) is 4.79 Å². The molecule has 2 nitrogen and oxygen atoms in total. The second-order valence-electron chi connectivity index (χ2n) is 4.45. The highest BCUT2D eigenvalue weighted by Gasteiger charge is 2.12. The third kappa shape index (κ3) is 1.93. The summed E-state index contributed by atoms with van der Waals surface area (Å²) in [6, 6.07) is 11.8. The SMILES string of the molecule is Cc1cccc2cc(-c3ccc(F)cc3C=O)oc12. The summed E-state index contributed by atoms with van der Waals surface area (Å²) in [5.74, 6) is 0.143. The number of para-hydroxylation sites is 1. The molecule has 0 spiro atoms. The van der Waals surface area contributed by atoms with E-state index in [9.17, 15) is 9.18 Å². The molecule has 3 heteroatoms. The Morgan fingerprint density at radius 3 is 2.74 bits per heavy atom. The molecule has 0 aliphatic rings. The van der Waals surface area contributed by atoms with E-state index in [4.69, 9.17) is 4.42 Å². The average molecular weight is 254 g/mol. The van der Waals surface area contributed by atoms with E-state index in [0.717, 1.165) is 16.5 Å². The van der Waals surface area contributed by atoms with Gasteiger partial charge in [0, 0.05) is 16.5 Å². The number of aldehydes is 1. The summed E-state index contributed by atoms with van der Waals surface area (Å²) in [6.07, 6.45) is 0.637. The van der Waals surface area contributed by atoms with Gasteiger partial charge < -0.3 is 4.42 Å². The van der Waals surface area contributed by atoms with Crippen LogP contribution in [0.1, 0.15) is 15.9 Å². The number of fused-ring (bicyclic) bond motifs is 1. The molecule has 2 aromatic carbocycles. The van der Waals surface area contributed by atoms with Crippen LogP contribution in [0.2, 0.25) is 0 Å². The van der Waals surface area contributed by atoms with Crippen LogP contribution in [-0.4, -0.2) is 6.29 Å². The number of rotatable bonds is 2. The minimum absolute atomic E-state index is 0.289. The molecule has 3 rings (SSSR count). The zero-order valence-corrected chi connectivity index (χ0v) is 10.3. The van der Waals surface area contributed by atoms with Crippen molar-refractivity contribution in [3.63, 3.8) is 0 Å². The second kappa shape index (κ2) is 4.35.